The number of amides is 3. The monoisotopic (exact) mass is 465 g/mol. The van der Waals surface area contributed by atoms with Crippen LogP contribution in [0.1, 0.15) is 51.4 Å². The van der Waals surface area contributed by atoms with E-state index in [0.717, 1.165) is 25.8 Å². The lowest BCUT2D eigenvalue weighted by Gasteiger charge is -2.32. The predicted octanol–water partition coefficient (Wildman–Crippen LogP) is -1.66. The van der Waals surface area contributed by atoms with Gasteiger partial charge in [0.05, 0.1) is 6.04 Å². The smallest absolute Gasteiger partial charge is 0.326 e. The molecule has 0 aliphatic carbocycles. The number of carboxylic acids is 1. The number of carbonyl (C=O) groups is 4. The number of guanidine groups is 1. The summed E-state index contributed by atoms with van der Waals surface area (Å²) in [4.78, 5) is 57.8. The predicted molar refractivity (Wildman–Crippen MR) is 120 cm³/mol. The fourth-order valence-electron chi connectivity index (χ4n) is 4.91. The summed E-state index contributed by atoms with van der Waals surface area (Å²) < 4.78 is 0. The number of likely N-dealkylation sites (tertiary alicyclic amines) is 2. The maximum atomic E-state index is 13.4. The summed E-state index contributed by atoms with van der Waals surface area (Å²) in [7, 11) is 0. The minimum atomic E-state index is -1.15. The normalized spacial score (nSPS) is 25.6. The number of rotatable bonds is 9. The number of carbonyl (C=O) groups excluding carboxylic acids is 3. The molecule has 3 fully saturated rings. The molecule has 12 heteroatoms. The number of aliphatic imine (C=N–C) groups is 1. The van der Waals surface area contributed by atoms with Crippen molar-refractivity contribution in [2.24, 2.45) is 16.5 Å². The molecular formula is C21H35N7O5. The topological polar surface area (TPSA) is 183 Å². The highest BCUT2D eigenvalue weighted by Gasteiger charge is 2.43. The summed E-state index contributed by atoms with van der Waals surface area (Å²) in [6, 6.07) is -2.64. The molecule has 0 saturated carbocycles. The van der Waals surface area contributed by atoms with E-state index in [-0.39, 0.29) is 36.8 Å². The van der Waals surface area contributed by atoms with E-state index in [1.807, 2.05) is 0 Å². The lowest BCUT2D eigenvalue weighted by Crippen LogP contribution is -2.56. The molecule has 3 amide bonds. The molecule has 33 heavy (non-hydrogen) atoms. The largest absolute Gasteiger partial charge is 0.480 e. The van der Waals surface area contributed by atoms with Gasteiger partial charge in [-0.15, -0.1) is 0 Å². The fraction of sp³-hybridized carbons (Fsp3) is 0.762. The van der Waals surface area contributed by atoms with E-state index in [4.69, 9.17) is 11.5 Å². The van der Waals surface area contributed by atoms with Gasteiger partial charge in [0.1, 0.15) is 18.1 Å². The second-order valence-corrected chi connectivity index (χ2v) is 8.88. The van der Waals surface area contributed by atoms with Crippen molar-refractivity contribution in [3.05, 3.63) is 0 Å². The molecule has 3 heterocycles. The van der Waals surface area contributed by atoms with Crippen molar-refractivity contribution in [3.63, 3.8) is 0 Å². The summed E-state index contributed by atoms with van der Waals surface area (Å²) in [5.41, 5.74) is 10.5. The Labute approximate surface area is 193 Å². The van der Waals surface area contributed by atoms with Crippen LogP contribution >= 0.6 is 0 Å². The van der Waals surface area contributed by atoms with Gasteiger partial charge in [0.15, 0.2) is 5.96 Å². The number of nitrogens with two attached hydrogens (primary N) is 2. The zero-order valence-electron chi connectivity index (χ0n) is 18.9. The number of nitrogens with one attached hydrogen (secondary N) is 2. The Morgan fingerprint density at radius 3 is 2.27 bits per heavy atom. The summed E-state index contributed by atoms with van der Waals surface area (Å²) in [5.74, 6) is -1.98. The lowest BCUT2D eigenvalue weighted by molar-refractivity contribution is -0.148. The zero-order chi connectivity index (χ0) is 24.0. The third-order valence-corrected chi connectivity index (χ3v) is 6.58. The van der Waals surface area contributed by atoms with E-state index in [0.29, 0.717) is 38.8 Å². The number of aliphatic carboxylic acids is 1. The van der Waals surface area contributed by atoms with Gasteiger partial charge in [0.25, 0.3) is 0 Å². The Morgan fingerprint density at radius 2 is 1.67 bits per heavy atom. The minimum Gasteiger partial charge on any atom is -0.480 e. The number of hydrogen-bond acceptors (Lipinski definition) is 6. The highest BCUT2D eigenvalue weighted by molar-refractivity contribution is 5.95. The maximum Gasteiger partial charge on any atom is 0.326 e. The average molecular weight is 466 g/mol. The Morgan fingerprint density at radius 1 is 1.00 bits per heavy atom. The van der Waals surface area contributed by atoms with Crippen LogP contribution < -0.4 is 22.1 Å². The Balaban J connectivity index is 1.60. The second-order valence-electron chi connectivity index (χ2n) is 8.88. The highest BCUT2D eigenvalue weighted by Crippen LogP contribution is 2.26. The standard InChI is InChI=1S/C21H35N7O5/c22-21(23)25-10-2-6-14(20(32)33)26-17(29)15-7-3-11-27(15)19(31)16-8-4-12-28(16)18(30)13-5-1-9-24-13/h13-16,24H,1-12H2,(H,26,29)(H,32,33)(H4,22,23,25). The minimum absolute atomic E-state index is 0.0461. The molecule has 3 aliphatic heterocycles. The quantitative estimate of drug-likeness (QED) is 0.152. The molecule has 4 atom stereocenters. The first-order valence-electron chi connectivity index (χ1n) is 11.7. The van der Waals surface area contributed by atoms with Gasteiger partial charge in [-0.2, -0.15) is 0 Å². The molecule has 3 aliphatic rings. The summed E-state index contributed by atoms with van der Waals surface area (Å²) in [6.07, 6.45) is 4.69. The van der Waals surface area contributed by atoms with Crippen molar-refractivity contribution in [2.75, 3.05) is 26.2 Å². The van der Waals surface area contributed by atoms with Crippen molar-refractivity contribution in [1.29, 1.82) is 0 Å². The van der Waals surface area contributed by atoms with Gasteiger partial charge in [-0.1, -0.05) is 0 Å². The van der Waals surface area contributed by atoms with Gasteiger partial charge in [0, 0.05) is 19.6 Å². The van der Waals surface area contributed by atoms with Gasteiger partial charge in [-0.25, -0.2) is 4.79 Å². The van der Waals surface area contributed by atoms with E-state index < -0.39 is 30.0 Å². The van der Waals surface area contributed by atoms with Gasteiger partial charge in [-0.05, 0) is 57.9 Å². The molecular weight excluding hydrogens is 430 g/mol. The zero-order valence-corrected chi connectivity index (χ0v) is 18.9. The van der Waals surface area contributed by atoms with Crippen LogP contribution in [0.4, 0.5) is 0 Å². The highest BCUT2D eigenvalue weighted by atomic mass is 16.4. The number of nitrogens with zero attached hydrogens (tertiary/aromatic N) is 3. The van der Waals surface area contributed by atoms with Gasteiger partial charge in [-0.3, -0.25) is 19.4 Å². The molecule has 0 spiro atoms. The third kappa shape index (κ3) is 6.12. The van der Waals surface area contributed by atoms with Crippen LogP contribution in [0.25, 0.3) is 0 Å². The van der Waals surface area contributed by atoms with Crippen LogP contribution in [0, 0.1) is 0 Å². The molecule has 0 aromatic rings. The van der Waals surface area contributed by atoms with Crippen LogP contribution in [-0.4, -0.2) is 94.9 Å². The van der Waals surface area contributed by atoms with E-state index in [9.17, 15) is 24.3 Å². The fourth-order valence-corrected chi connectivity index (χ4v) is 4.91. The van der Waals surface area contributed by atoms with Crippen molar-refractivity contribution in [2.45, 2.75) is 75.5 Å². The van der Waals surface area contributed by atoms with Crippen molar-refractivity contribution in [3.8, 4) is 0 Å². The summed E-state index contributed by atoms with van der Waals surface area (Å²) >= 11 is 0. The second kappa shape index (κ2) is 11.3. The van der Waals surface area contributed by atoms with Crippen LogP contribution in [0.3, 0.4) is 0 Å². The van der Waals surface area contributed by atoms with Crippen molar-refractivity contribution >= 4 is 29.7 Å². The van der Waals surface area contributed by atoms with E-state index in [2.05, 4.69) is 15.6 Å². The first kappa shape index (κ1) is 24.7. The van der Waals surface area contributed by atoms with E-state index in [1.165, 1.54) is 4.90 Å². The Bertz CT molecular complexity index is 779. The molecule has 3 saturated heterocycles. The van der Waals surface area contributed by atoms with Gasteiger partial charge < -0.3 is 37.0 Å². The molecule has 0 aromatic carbocycles. The molecule has 0 radical (unpaired) electrons. The maximum absolute atomic E-state index is 13.4. The Hall–Kier alpha value is -2.89. The van der Waals surface area contributed by atoms with Crippen LogP contribution in [-0.2, 0) is 19.2 Å². The number of hydrogen-bond donors (Lipinski definition) is 5. The van der Waals surface area contributed by atoms with Crippen molar-refractivity contribution in [1.82, 2.24) is 20.4 Å². The van der Waals surface area contributed by atoms with Gasteiger partial charge >= 0.3 is 5.97 Å². The molecule has 4 unspecified atom stereocenters. The first-order chi connectivity index (χ1) is 15.8. The summed E-state index contributed by atoms with van der Waals surface area (Å²) in [5, 5.41) is 15.2. The third-order valence-electron chi connectivity index (χ3n) is 6.58. The molecule has 184 valence electrons. The molecule has 3 rings (SSSR count). The van der Waals surface area contributed by atoms with Crippen LogP contribution in [0.15, 0.2) is 4.99 Å². The summed E-state index contributed by atoms with van der Waals surface area (Å²) in [6.45, 7) is 2.01. The molecule has 12 nitrogen and oxygen atoms in total. The van der Waals surface area contributed by atoms with Crippen molar-refractivity contribution < 1.29 is 24.3 Å². The number of carboxylic acid groups (broad SMARTS) is 1. The molecule has 0 aromatic heterocycles. The average Bonchev–Trinajstić information content (AvgIpc) is 3.55. The van der Waals surface area contributed by atoms with E-state index >= 15 is 0 Å². The van der Waals surface area contributed by atoms with E-state index in [1.54, 1.807) is 4.90 Å². The lowest BCUT2D eigenvalue weighted by atomic mass is 10.1. The first-order valence-corrected chi connectivity index (χ1v) is 11.7. The van der Waals surface area contributed by atoms with Gasteiger partial charge in [0.2, 0.25) is 17.7 Å². The molecule has 0 bridgehead atoms. The van der Waals surface area contributed by atoms with Crippen LogP contribution in [0.5, 0.6) is 0 Å². The Kier molecular flexibility index (Phi) is 8.48. The molecule has 7 N–H and O–H groups in total. The SMILES string of the molecule is NC(N)=NCCCC(NC(=O)C1CCCN1C(=O)C1CCCN1C(=O)C1CCCN1)C(=O)O. The van der Waals surface area contributed by atoms with Crippen LogP contribution in [0.2, 0.25) is 0 Å².